The van der Waals surface area contributed by atoms with Crippen molar-refractivity contribution in [3.8, 4) is 5.75 Å². The van der Waals surface area contributed by atoms with Gasteiger partial charge >= 0.3 is 0 Å². The molecule has 0 aromatic heterocycles. The van der Waals surface area contributed by atoms with Gasteiger partial charge in [0.05, 0.1) is 29.3 Å². The minimum Gasteiger partial charge on any atom is -0.495 e. The quantitative estimate of drug-likeness (QED) is 0.181. The van der Waals surface area contributed by atoms with Gasteiger partial charge in [-0.1, -0.05) is 48.5 Å². The van der Waals surface area contributed by atoms with Crippen LogP contribution in [0, 0.1) is 17.0 Å². The van der Waals surface area contributed by atoms with Gasteiger partial charge in [0, 0.05) is 54.7 Å². The van der Waals surface area contributed by atoms with E-state index in [0.29, 0.717) is 29.9 Å². The Hall–Kier alpha value is -5.38. The van der Waals surface area contributed by atoms with E-state index in [-0.39, 0.29) is 23.2 Å². The molecule has 4 aromatic carbocycles. The SMILES string of the molecule is COc1ccccc1N1CCN(c2ccc(NC(=O)c3ccc(C)c([N+](=O)[O-])c3)cc2C(=O)NC(C)c2ccccc2)CC1. The molecule has 1 saturated heterocycles. The molecule has 5 rings (SSSR count). The van der Waals surface area contributed by atoms with Crippen LogP contribution in [0.15, 0.2) is 91.0 Å². The van der Waals surface area contributed by atoms with Crippen LogP contribution in [0.2, 0.25) is 0 Å². The van der Waals surface area contributed by atoms with E-state index in [4.69, 9.17) is 4.74 Å². The zero-order chi connectivity index (χ0) is 31.2. The second-order valence-corrected chi connectivity index (χ2v) is 10.7. The average Bonchev–Trinajstić information content (AvgIpc) is 3.05. The Morgan fingerprint density at radius 1 is 0.841 bits per heavy atom. The van der Waals surface area contributed by atoms with Crippen molar-refractivity contribution >= 4 is 34.6 Å². The fraction of sp³-hybridized carbons (Fsp3) is 0.235. The molecule has 1 unspecified atom stereocenters. The van der Waals surface area contributed by atoms with Crippen molar-refractivity contribution in [3.63, 3.8) is 0 Å². The average molecular weight is 594 g/mol. The number of carbonyl (C=O) groups excluding carboxylic acids is 2. The molecule has 4 aromatic rings. The molecular formula is C34H35N5O5. The van der Waals surface area contributed by atoms with Gasteiger partial charge in [0.1, 0.15) is 5.75 Å². The zero-order valence-electron chi connectivity index (χ0n) is 24.9. The molecule has 1 atom stereocenters. The summed E-state index contributed by atoms with van der Waals surface area (Å²) >= 11 is 0. The molecule has 0 spiro atoms. The molecular weight excluding hydrogens is 558 g/mol. The highest BCUT2D eigenvalue weighted by atomic mass is 16.6. The number of anilines is 3. The Morgan fingerprint density at radius 3 is 2.18 bits per heavy atom. The van der Waals surface area contributed by atoms with E-state index in [1.165, 1.54) is 6.07 Å². The number of nitrogens with one attached hydrogen (secondary N) is 2. The summed E-state index contributed by atoms with van der Waals surface area (Å²) in [5.41, 5.74) is 4.08. The predicted molar refractivity (Wildman–Crippen MR) is 172 cm³/mol. The molecule has 2 N–H and O–H groups in total. The second kappa shape index (κ2) is 13.3. The van der Waals surface area contributed by atoms with Crippen LogP contribution >= 0.6 is 0 Å². The summed E-state index contributed by atoms with van der Waals surface area (Å²) in [6, 6.07) is 27.0. The highest BCUT2D eigenvalue weighted by molar-refractivity contribution is 6.06. The molecule has 0 aliphatic carbocycles. The molecule has 1 aliphatic heterocycles. The number of hydrogen-bond acceptors (Lipinski definition) is 7. The lowest BCUT2D eigenvalue weighted by Crippen LogP contribution is -2.47. The lowest BCUT2D eigenvalue weighted by atomic mass is 10.1. The van der Waals surface area contributed by atoms with Crippen LogP contribution in [-0.2, 0) is 0 Å². The summed E-state index contributed by atoms with van der Waals surface area (Å²) in [4.78, 5) is 42.2. The summed E-state index contributed by atoms with van der Waals surface area (Å²) < 4.78 is 5.56. The largest absolute Gasteiger partial charge is 0.495 e. The Labute approximate surface area is 256 Å². The Morgan fingerprint density at radius 2 is 1.50 bits per heavy atom. The maximum atomic E-state index is 13.8. The Bertz CT molecular complexity index is 1670. The molecule has 0 bridgehead atoms. The van der Waals surface area contributed by atoms with Crippen molar-refractivity contribution in [2.75, 3.05) is 48.4 Å². The van der Waals surface area contributed by atoms with Crippen molar-refractivity contribution in [3.05, 3.63) is 123 Å². The highest BCUT2D eigenvalue weighted by Gasteiger charge is 2.25. The first-order valence-corrected chi connectivity index (χ1v) is 14.4. The van der Waals surface area contributed by atoms with Gasteiger partial charge in [-0.3, -0.25) is 19.7 Å². The number of benzene rings is 4. The van der Waals surface area contributed by atoms with Gasteiger partial charge in [0.25, 0.3) is 17.5 Å². The number of nitro benzene ring substituents is 1. The van der Waals surface area contributed by atoms with Crippen molar-refractivity contribution in [1.29, 1.82) is 0 Å². The van der Waals surface area contributed by atoms with Gasteiger partial charge in [-0.15, -0.1) is 0 Å². The van der Waals surface area contributed by atoms with Crippen LogP contribution < -0.4 is 25.2 Å². The standard InChI is InChI=1S/C34H35N5O5/c1-23-13-14-26(21-31(23)39(42)43)33(40)36-27-15-16-29(28(22-27)34(41)35-24(2)25-9-5-4-6-10-25)37-17-19-38(20-18-37)30-11-7-8-12-32(30)44-3/h4-16,21-22,24H,17-20H2,1-3H3,(H,35,41)(H,36,40). The number of carbonyl (C=O) groups is 2. The van der Waals surface area contributed by atoms with Crippen LogP contribution in [0.5, 0.6) is 5.75 Å². The molecule has 226 valence electrons. The lowest BCUT2D eigenvalue weighted by molar-refractivity contribution is -0.385. The third-order valence-corrected chi connectivity index (χ3v) is 7.86. The number of amides is 2. The predicted octanol–water partition coefficient (Wildman–Crippen LogP) is 5.98. The summed E-state index contributed by atoms with van der Waals surface area (Å²) in [6.07, 6.45) is 0. The fourth-order valence-corrected chi connectivity index (χ4v) is 5.40. The van der Waals surface area contributed by atoms with Crippen molar-refractivity contribution in [2.45, 2.75) is 19.9 Å². The van der Waals surface area contributed by atoms with E-state index in [9.17, 15) is 19.7 Å². The van der Waals surface area contributed by atoms with Gasteiger partial charge in [-0.05, 0) is 55.8 Å². The normalized spacial score (nSPS) is 13.6. The van der Waals surface area contributed by atoms with Gasteiger partial charge in [-0.25, -0.2) is 0 Å². The molecule has 1 fully saturated rings. The van der Waals surface area contributed by atoms with E-state index >= 15 is 0 Å². The van der Waals surface area contributed by atoms with E-state index < -0.39 is 10.8 Å². The number of piperazine rings is 1. The minimum absolute atomic E-state index is 0.129. The number of ether oxygens (including phenoxy) is 1. The van der Waals surface area contributed by atoms with Gasteiger partial charge in [0.2, 0.25) is 0 Å². The number of hydrogen-bond donors (Lipinski definition) is 2. The third kappa shape index (κ3) is 6.64. The zero-order valence-corrected chi connectivity index (χ0v) is 24.9. The number of methoxy groups -OCH3 is 1. The molecule has 10 heteroatoms. The number of aryl methyl sites for hydroxylation is 1. The Balaban J connectivity index is 1.40. The van der Waals surface area contributed by atoms with Crippen LogP contribution in [0.1, 0.15) is 44.8 Å². The molecule has 0 radical (unpaired) electrons. The summed E-state index contributed by atoms with van der Waals surface area (Å²) in [6.45, 7) is 6.35. The molecule has 1 heterocycles. The van der Waals surface area contributed by atoms with Crippen molar-refractivity contribution in [1.82, 2.24) is 5.32 Å². The Kier molecular flexibility index (Phi) is 9.09. The van der Waals surface area contributed by atoms with Crippen LogP contribution in [-0.4, -0.2) is 50.0 Å². The van der Waals surface area contributed by atoms with E-state index in [1.54, 1.807) is 38.3 Å². The minimum atomic E-state index is -0.509. The second-order valence-electron chi connectivity index (χ2n) is 10.7. The molecule has 44 heavy (non-hydrogen) atoms. The monoisotopic (exact) mass is 593 g/mol. The fourth-order valence-electron chi connectivity index (χ4n) is 5.40. The summed E-state index contributed by atoms with van der Waals surface area (Å²) in [7, 11) is 1.66. The number of nitro groups is 1. The molecule has 1 aliphatic rings. The first-order chi connectivity index (χ1) is 21.2. The highest BCUT2D eigenvalue weighted by Crippen LogP contribution is 2.31. The van der Waals surface area contributed by atoms with Crippen LogP contribution in [0.3, 0.4) is 0 Å². The first kappa shape index (κ1) is 30.1. The summed E-state index contributed by atoms with van der Waals surface area (Å²) in [5, 5.41) is 17.3. The van der Waals surface area contributed by atoms with Crippen LogP contribution in [0.25, 0.3) is 0 Å². The lowest BCUT2D eigenvalue weighted by Gasteiger charge is -2.38. The smallest absolute Gasteiger partial charge is 0.273 e. The maximum absolute atomic E-state index is 13.8. The first-order valence-electron chi connectivity index (χ1n) is 14.4. The summed E-state index contributed by atoms with van der Waals surface area (Å²) in [5.74, 6) is 0.0378. The topological polar surface area (TPSA) is 117 Å². The van der Waals surface area contributed by atoms with Crippen molar-refractivity contribution in [2.24, 2.45) is 0 Å². The van der Waals surface area contributed by atoms with E-state index in [0.717, 1.165) is 35.8 Å². The number of rotatable bonds is 9. The van der Waals surface area contributed by atoms with E-state index in [2.05, 4.69) is 20.4 Å². The molecule has 2 amide bonds. The van der Waals surface area contributed by atoms with Gasteiger partial charge in [-0.2, -0.15) is 0 Å². The van der Waals surface area contributed by atoms with Gasteiger partial charge in [0.15, 0.2) is 0 Å². The number of nitrogens with zero attached hydrogens (tertiary/aromatic N) is 3. The molecule has 0 saturated carbocycles. The van der Waals surface area contributed by atoms with Gasteiger partial charge < -0.3 is 25.2 Å². The number of para-hydroxylation sites is 2. The molecule has 10 nitrogen and oxygen atoms in total. The van der Waals surface area contributed by atoms with Crippen LogP contribution in [0.4, 0.5) is 22.7 Å². The van der Waals surface area contributed by atoms with E-state index in [1.807, 2.05) is 67.6 Å². The third-order valence-electron chi connectivity index (χ3n) is 7.86. The van der Waals surface area contributed by atoms with Crippen molar-refractivity contribution < 1.29 is 19.2 Å². The maximum Gasteiger partial charge on any atom is 0.273 e.